The van der Waals surface area contributed by atoms with Crippen LogP contribution in [0.5, 0.6) is 0 Å². The maximum Gasteiger partial charge on any atom is 0.240 e. The van der Waals surface area contributed by atoms with Gasteiger partial charge < -0.3 is 4.90 Å². The van der Waals surface area contributed by atoms with Crippen LogP contribution < -0.4 is 4.72 Å². The van der Waals surface area contributed by atoms with Crippen LogP contribution in [0.2, 0.25) is 0 Å². The average molecular weight is 352 g/mol. The molecule has 1 aliphatic heterocycles. The largest absolute Gasteiger partial charge is 0.301 e. The summed E-state index contributed by atoms with van der Waals surface area (Å²) in [5.41, 5.74) is 0. The highest BCUT2D eigenvalue weighted by atomic mass is 32.2. The van der Waals surface area contributed by atoms with Crippen LogP contribution in [0.4, 0.5) is 0 Å². The molecule has 2 fully saturated rings. The first-order valence-corrected chi connectivity index (χ1v) is 10.6. The van der Waals surface area contributed by atoms with Crippen molar-refractivity contribution in [3.05, 3.63) is 30.3 Å². The fourth-order valence-corrected chi connectivity index (χ4v) is 5.29. The Morgan fingerprint density at radius 2 is 1.71 bits per heavy atom. The molecular formula is C18H29N3O2S. The van der Waals surface area contributed by atoms with Crippen LogP contribution in [0.3, 0.4) is 0 Å². The van der Waals surface area contributed by atoms with Gasteiger partial charge in [0.1, 0.15) is 0 Å². The molecule has 0 amide bonds. The van der Waals surface area contributed by atoms with E-state index in [1.165, 1.54) is 6.42 Å². The van der Waals surface area contributed by atoms with Crippen molar-refractivity contribution in [2.75, 3.05) is 32.7 Å². The van der Waals surface area contributed by atoms with E-state index in [1.54, 1.807) is 24.3 Å². The lowest BCUT2D eigenvalue weighted by Crippen LogP contribution is -2.58. The number of likely N-dealkylation sites (N-methyl/N-ethyl adjacent to an activating group) is 1. The summed E-state index contributed by atoms with van der Waals surface area (Å²) in [6, 6.07) is 9.08. The molecule has 1 N–H and O–H groups in total. The van der Waals surface area contributed by atoms with Crippen LogP contribution in [0.1, 0.15) is 32.6 Å². The lowest BCUT2D eigenvalue weighted by atomic mass is 9.89. The van der Waals surface area contributed by atoms with Crippen LogP contribution in [0.25, 0.3) is 0 Å². The van der Waals surface area contributed by atoms with Gasteiger partial charge in [-0.25, -0.2) is 13.1 Å². The Morgan fingerprint density at radius 1 is 1.04 bits per heavy atom. The highest BCUT2D eigenvalue weighted by molar-refractivity contribution is 7.89. The summed E-state index contributed by atoms with van der Waals surface area (Å²) in [6.07, 6.45) is 4.33. The summed E-state index contributed by atoms with van der Waals surface area (Å²) in [5.74, 6) is 0. The predicted molar refractivity (Wildman–Crippen MR) is 96.5 cm³/mol. The first-order valence-electron chi connectivity index (χ1n) is 9.14. The Bertz CT molecular complexity index is 612. The minimum atomic E-state index is -3.43. The molecule has 2 atom stereocenters. The molecule has 2 aliphatic rings. The minimum absolute atomic E-state index is 0.0251. The molecule has 5 nitrogen and oxygen atoms in total. The zero-order chi connectivity index (χ0) is 17.0. The van der Waals surface area contributed by atoms with Crippen molar-refractivity contribution in [1.82, 2.24) is 14.5 Å². The lowest BCUT2D eigenvalue weighted by Gasteiger charge is -2.44. The van der Waals surface area contributed by atoms with E-state index in [0.29, 0.717) is 10.9 Å². The van der Waals surface area contributed by atoms with Crippen LogP contribution >= 0.6 is 0 Å². The molecule has 1 saturated heterocycles. The number of hydrogen-bond donors (Lipinski definition) is 1. The molecule has 0 bridgehead atoms. The van der Waals surface area contributed by atoms with Gasteiger partial charge in [-0.1, -0.05) is 38.0 Å². The summed E-state index contributed by atoms with van der Waals surface area (Å²) in [7, 11) is -3.43. The summed E-state index contributed by atoms with van der Waals surface area (Å²) in [4.78, 5) is 5.33. The first-order chi connectivity index (χ1) is 11.6. The number of hydrogen-bond acceptors (Lipinski definition) is 4. The topological polar surface area (TPSA) is 52.6 Å². The number of nitrogens with zero attached hydrogens (tertiary/aromatic N) is 2. The quantitative estimate of drug-likeness (QED) is 0.880. The molecule has 1 saturated carbocycles. The second-order valence-corrected chi connectivity index (χ2v) is 8.58. The monoisotopic (exact) mass is 351 g/mol. The molecule has 134 valence electrons. The fourth-order valence-electron chi connectivity index (χ4n) is 3.96. The van der Waals surface area contributed by atoms with Gasteiger partial charge >= 0.3 is 0 Å². The Kier molecular flexibility index (Phi) is 5.92. The highest BCUT2D eigenvalue weighted by Crippen LogP contribution is 2.25. The SMILES string of the molecule is CCN1CCN([C@@H]2CCCC[C@H]2NS(=O)(=O)c2ccccc2)CC1. The number of benzene rings is 1. The van der Waals surface area contributed by atoms with Crippen molar-refractivity contribution in [1.29, 1.82) is 0 Å². The first kappa shape index (κ1) is 17.9. The van der Waals surface area contributed by atoms with Gasteiger partial charge in [0.05, 0.1) is 4.90 Å². The van der Waals surface area contributed by atoms with E-state index in [4.69, 9.17) is 0 Å². The Labute approximate surface area is 146 Å². The highest BCUT2D eigenvalue weighted by Gasteiger charge is 2.34. The third-order valence-electron chi connectivity index (χ3n) is 5.41. The third kappa shape index (κ3) is 4.17. The summed E-state index contributed by atoms with van der Waals surface area (Å²) in [5, 5.41) is 0. The van der Waals surface area contributed by atoms with Gasteiger partial charge in [-0.2, -0.15) is 0 Å². The number of rotatable bonds is 5. The lowest BCUT2D eigenvalue weighted by molar-refractivity contribution is 0.0685. The van der Waals surface area contributed by atoms with Crippen LogP contribution in [0.15, 0.2) is 35.2 Å². The molecule has 0 unspecified atom stereocenters. The van der Waals surface area contributed by atoms with Crippen LogP contribution in [0, 0.1) is 0 Å². The molecule has 0 aromatic heterocycles. The minimum Gasteiger partial charge on any atom is -0.301 e. The average Bonchev–Trinajstić information content (AvgIpc) is 2.63. The molecule has 24 heavy (non-hydrogen) atoms. The van der Waals surface area contributed by atoms with Crippen molar-refractivity contribution in [3.63, 3.8) is 0 Å². The molecule has 1 aromatic carbocycles. The molecule has 0 spiro atoms. The number of nitrogens with one attached hydrogen (secondary N) is 1. The van der Waals surface area contributed by atoms with E-state index in [1.807, 2.05) is 6.07 Å². The molecule has 1 aromatic rings. The molecule has 1 heterocycles. The van der Waals surface area contributed by atoms with Gasteiger partial charge in [0.15, 0.2) is 0 Å². The van der Waals surface area contributed by atoms with E-state index < -0.39 is 10.0 Å². The van der Waals surface area contributed by atoms with E-state index >= 15 is 0 Å². The summed E-state index contributed by atoms with van der Waals surface area (Å²) >= 11 is 0. The van der Waals surface area contributed by atoms with Crippen molar-refractivity contribution in [2.45, 2.75) is 49.6 Å². The van der Waals surface area contributed by atoms with E-state index in [0.717, 1.165) is 52.0 Å². The standard InChI is InChI=1S/C18H29N3O2S/c1-2-20-12-14-21(15-13-20)18-11-7-6-10-17(18)19-24(22,23)16-8-4-3-5-9-16/h3-5,8-9,17-19H,2,6-7,10-15H2,1H3/t17-,18-/m1/s1. The van der Waals surface area contributed by atoms with Crippen LogP contribution in [-0.2, 0) is 10.0 Å². The normalized spacial score (nSPS) is 27.2. The van der Waals surface area contributed by atoms with Gasteiger partial charge in [0, 0.05) is 38.3 Å². The van der Waals surface area contributed by atoms with Gasteiger partial charge in [0.25, 0.3) is 0 Å². The zero-order valence-electron chi connectivity index (χ0n) is 14.5. The summed E-state index contributed by atoms with van der Waals surface area (Å²) < 4.78 is 28.4. The van der Waals surface area contributed by atoms with Crippen molar-refractivity contribution in [2.24, 2.45) is 0 Å². The third-order valence-corrected chi connectivity index (χ3v) is 6.92. The van der Waals surface area contributed by atoms with Gasteiger partial charge in [0.2, 0.25) is 10.0 Å². The van der Waals surface area contributed by atoms with Crippen molar-refractivity contribution >= 4 is 10.0 Å². The Balaban J connectivity index is 1.69. The second kappa shape index (κ2) is 7.95. The summed E-state index contributed by atoms with van der Waals surface area (Å²) in [6.45, 7) is 7.57. The molecule has 6 heteroatoms. The van der Waals surface area contributed by atoms with E-state index in [2.05, 4.69) is 21.4 Å². The maximum absolute atomic E-state index is 12.7. The maximum atomic E-state index is 12.7. The fraction of sp³-hybridized carbons (Fsp3) is 0.667. The van der Waals surface area contributed by atoms with Crippen molar-refractivity contribution < 1.29 is 8.42 Å². The molecule has 0 radical (unpaired) electrons. The predicted octanol–water partition coefficient (Wildman–Crippen LogP) is 1.91. The zero-order valence-corrected chi connectivity index (χ0v) is 15.3. The number of sulfonamides is 1. The molecule has 1 aliphatic carbocycles. The number of piperazine rings is 1. The Hall–Kier alpha value is -0.950. The smallest absolute Gasteiger partial charge is 0.240 e. The Morgan fingerprint density at radius 3 is 2.38 bits per heavy atom. The van der Waals surface area contributed by atoms with Crippen LogP contribution in [-0.4, -0.2) is 63.0 Å². The molecule has 3 rings (SSSR count). The van der Waals surface area contributed by atoms with Gasteiger partial charge in [-0.05, 0) is 31.5 Å². The van der Waals surface area contributed by atoms with E-state index in [9.17, 15) is 8.42 Å². The van der Waals surface area contributed by atoms with Crippen molar-refractivity contribution in [3.8, 4) is 0 Å². The second-order valence-electron chi connectivity index (χ2n) is 6.86. The molecular weight excluding hydrogens is 322 g/mol. The van der Waals surface area contributed by atoms with E-state index in [-0.39, 0.29) is 6.04 Å². The van der Waals surface area contributed by atoms with Gasteiger partial charge in [-0.3, -0.25) is 4.90 Å². The van der Waals surface area contributed by atoms with Gasteiger partial charge in [-0.15, -0.1) is 0 Å².